The zero-order valence-corrected chi connectivity index (χ0v) is 19.7. The monoisotopic (exact) mass is 477 g/mol. The smallest absolute Gasteiger partial charge is 0.266 e. The van der Waals surface area contributed by atoms with E-state index in [9.17, 15) is 14.9 Å². The molecule has 0 bridgehead atoms. The van der Waals surface area contributed by atoms with Crippen LogP contribution in [0.2, 0.25) is 0 Å². The molecule has 4 rings (SSSR count). The lowest BCUT2D eigenvalue weighted by Gasteiger charge is -2.06. The van der Waals surface area contributed by atoms with Crippen molar-refractivity contribution >= 4 is 29.3 Å². The van der Waals surface area contributed by atoms with Gasteiger partial charge >= 0.3 is 0 Å². The summed E-state index contributed by atoms with van der Waals surface area (Å²) in [5.74, 6) is -0.0388. The molecule has 0 unspecified atom stereocenters. The highest BCUT2D eigenvalue weighted by molar-refractivity contribution is 6.10. The van der Waals surface area contributed by atoms with Crippen molar-refractivity contribution in [3.8, 4) is 28.8 Å². The fourth-order valence-electron chi connectivity index (χ4n) is 3.52. The van der Waals surface area contributed by atoms with Gasteiger partial charge in [-0.3, -0.25) is 9.59 Å². The predicted molar refractivity (Wildman–Crippen MR) is 139 cm³/mol. The summed E-state index contributed by atoms with van der Waals surface area (Å²) >= 11 is 0. The Morgan fingerprint density at radius 1 is 0.944 bits per heavy atom. The average Bonchev–Trinajstić information content (AvgIpc) is 3.32. The minimum atomic E-state index is -0.557. The van der Waals surface area contributed by atoms with Gasteiger partial charge in [-0.05, 0) is 66.7 Å². The topological polar surface area (TPSA) is 109 Å². The second-order valence-electron chi connectivity index (χ2n) is 7.82. The molecule has 1 aromatic heterocycles. The molecule has 0 radical (unpaired) electrons. The van der Waals surface area contributed by atoms with Crippen LogP contribution in [0, 0.1) is 11.3 Å². The lowest BCUT2D eigenvalue weighted by Crippen LogP contribution is -2.13. The summed E-state index contributed by atoms with van der Waals surface area (Å²) in [6.07, 6.45) is 3.30. The zero-order valence-electron chi connectivity index (χ0n) is 19.7. The van der Waals surface area contributed by atoms with Gasteiger partial charge in [0.05, 0.1) is 18.5 Å². The second-order valence-corrected chi connectivity index (χ2v) is 7.82. The van der Waals surface area contributed by atoms with E-state index < -0.39 is 5.91 Å². The Morgan fingerprint density at radius 3 is 2.17 bits per heavy atom. The number of carbonyl (C=O) groups excluding carboxylic acids is 2. The van der Waals surface area contributed by atoms with Crippen LogP contribution in [0.5, 0.6) is 5.75 Å². The zero-order chi connectivity index (χ0) is 25.5. The molecule has 0 fully saturated rings. The number of anilines is 2. The van der Waals surface area contributed by atoms with E-state index in [1.165, 1.54) is 13.0 Å². The van der Waals surface area contributed by atoms with Gasteiger partial charge < -0.3 is 15.4 Å². The van der Waals surface area contributed by atoms with Crippen LogP contribution < -0.4 is 15.4 Å². The third-order valence-corrected chi connectivity index (χ3v) is 5.25. The maximum atomic E-state index is 12.9. The Hall–Kier alpha value is -5.16. The molecule has 0 spiro atoms. The van der Waals surface area contributed by atoms with E-state index in [1.54, 1.807) is 42.3 Å². The van der Waals surface area contributed by atoms with Crippen LogP contribution in [0.1, 0.15) is 12.5 Å². The molecule has 2 N–H and O–H groups in total. The number of amides is 2. The Labute approximate surface area is 208 Å². The van der Waals surface area contributed by atoms with Crippen molar-refractivity contribution in [1.82, 2.24) is 9.78 Å². The summed E-state index contributed by atoms with van der Waals surface area (Å²) in [5.41, 5.74) is 3.89. The Morgan fingerprint density at radius 2 is 1.58 bits per heavy atom. The number of hydrogen-bond acceptors (Lipinski definition) is 5. The highest BCUT2D eigenvalue weighted by Gasteiger charge is 2.16. The highest BCUT2D eigenvalue weighted by atomic mass is 16.5. The molecule has 178 valence electrons. The summed E-state index contributed by atoms with van der Waals surface area (Å²) in [5, 5.41) is 19.9. The Kier molecular flexibility index (Phi) is 7.22. The van der Waals surface area contributed by atoms with Crippen molar-refractivity contribution in [2.45, 2.75) is 6.92 Å². The molecule has 0 saturated heterocycles. The summed E-state index contributed by atoms with van der Waals surface area (Å²) in [4.78, 5) is 24.1. The molecule has 0 saturated carbocycles. The van der Waals surface area contributed by atoms with Gasteiger partial charge in [0, 0.05) is 35.6 Å². The van der Waals surface area contributed by atoms with Crippen molar-refractivity contribution in [2.24, 2.45) is 0 Å². The first-order valence-corrected chi connectivity index (χ1v) is 11.1. The summed E-state index contributed by atoms with van der Waals surface area (Å²) in [6, 6.07) is 25.6. The van der Waals surface area contributed by atoms with Gasteiger partial charge in [-0.15, -0.1) is 0 Å². The number of nitriles is 1. The van der Waals surface area contributed by atoms with Crippen molar-refractivity contribution in [2.75, 3.05) is 17.7 Å². The number of nitrogens with one attached hydrogen (secondary N) is 2. The average molecular weight is 478 g/mol. The molecular formula is C28H23N5O3. The first kappa shape index (κ1) is 24.0. The van der Waals surface area contributed by atoms with Gasteiger partial charge in [-0.1, -0.05) is 18.2 Å². The number of carbonyl (C=O) groups is 2. The highest BCUT2D eigenvalue weighted by Crippen LogP contribution is 2.28. The lowest BCUT2D eigenvalue weighted by molar-refractivity contribution is -0.114. The molecule has 0 atom stereocenters. The van der Waals surface area contributed by atoms with E-state index in [4.69, 9.17) is 9.84 Å². The van der Waals surface area contributed by atoms with Crippen molar-refractivity contribution in [1.29, 1.82) is 5.26 Å². The van der Waals surface area contributed by atoms with Crippen molar-refractivity contribution in [3.05, 3.63) is 96.2 Å². The number of ether oxygens (including phenoxy) is 1. The van der Waals surface area contributed by atoms with Crippen LogP contribution >= 0.6 is 0 Å². The van der Waals surface area contributed by atoms with Crippen LogP contribution in [-0.2, 0) is 9.59 Å². The third-order valence-electron chi connectivity index (χ3n) is 5.25. The molecule has 2 amide bonds. The maximum Gasteiger partial charge on any atom is 0.266 e. The van der Waals surface area contributed by atoms with Crippen molar-refractivity contribution in [3.63, 3.8) is 0 Å². The van der Waals surface area contributed by atoms with E-state index in [-0.39, 0.29) is 11.5 Å². The predicted octanol–water partition coefficient (Wildman–Crippen LogP) is 5.05. The number of methoxy groups -OCH3 is 1. The summed E-state index contributed by atoms with van der Waals surface area (Å²) in [6.45, 7) is 1.42. The molecule has 1 heterocycles. The van der Waals surface area contributed by atoms with Gasteiger partial charge in [0.25, 0.3) is 5.91 Å². The van der Waals surface area contributed by atoms with Crippen LogP contribution in [0.15, 0.2) is 90.6 Å². The van der Waals surface area contributed by atoms with Gasteiger partial charge in [0.1, 0.15) is 17.4 Å². The van der Waals surface area contributed by atoms with Crippen LogP contribution in [0.3, 0.4) is 0 Å². The maximum absolute atomic E-state index is 12.9. The number of aromatic nitrogens is 2. The van der Waals surface area contributed by atoms with Crippen LogP contribution in [0.25, 0.3) is 23.0 Å². The number of nitrogens with zero attached hydrogens (tertiary/aromatic N) is 3. The SMILES string of the molecule is COc1ccc(-c2nn(-c3ccccc3)cc2/C=C(\C#N)C(=O)Nc2ccc(NC(C)=O)cc2)cc1. The normalized spacial score (nSPS) is 10.9. The lowest BCUT2D eigenvalue weighted by atomic mass is 10.1. The number of rotatable bonds is 7. The second kappa shape index (κ2) is 10.8. The molecule has 0 aliphatic heterocycles. The Bertz CT molecular complexity index is 1450. The van der Waals surface area contributed by atoms with E-state index in [2.05, 4.69) is 10.6 Å². The molecule has 8 heteroatoms. The van der Waals surface area contributed by atoms with Crippen LogP contribution in [0.4, 0.5) is 11.4 Å². The summed E-state index contributed by atoms with van der Waals surface area (Å²) < 4.78 is 6.96. The van der Waals surface area contributed by atoms with Crippen molar-refractivity contribution < 1.29 is 14.3 Å². The fraction of sp³-hybridized carbons (Fsp3) is 0.0714. The standard InChI is InChI=1S/C28H23N5O3/c1-19(34)30-23-10-12-24(13-11-23)31-28(35)21(17-29)16-22-18-33(25-6-4-3-5-7-25)32-27(22)20-8-14-26(36-2)15-9-20/h3-16,18H,1-2H3,(H,30,34)(H,31,35)/b21-16+. The quantitative estimate of drug-likeness (QED) is 0.286. The van der Waals surface area contributed by atoms with E-state index in [1.807, 2.05) is 60.7 Å². The van der Waals surface area contributed by atoms with E-state index >= 15 is 0 Å². The first-order valence-electron chi connectivity index (χ1n) is 11.1. The molecule has 4 aromatic rings. The molecular weight excluding hydrogens is 454 g/mol. The number of para-hydroxylation sites is 1. The molecule has 8 nitrogen and oxygen atoms in total. The minimum Gasteiger partial charge on any atom is -0.497 e. The molecule has 3 aromatic carbocycles. The van der Waals surface area contributed by atoms with Gasteiger partial charge in [-0.2, -0.15) is 10.4 Å². The van der Waals surface area contributed by atoms with Crippen LogP contribution in [-0.4, -0.2) is 28.7 Å². The van der Waals surface area contributed by atoms with Gasteiger partial charge in [0.2, 0.25) is 5.91 Å². The van der Waals surface area contributed by atoms with E-state index in [0.29, 0.717) is 28.4 Å². The van der Waals surface area contributed by atoms with Gasteiger partial charge in [-0.25, -0.2) is 4.68 Å². The molecule has 36 heavy (non-hydrogen) atoms. The minimum absolute atomic E-state index is 0.0803. The molecule has 0 aliphatic carbocycles. The number of hydrogen-bond donors (Lipinski definition) is 2. The molecule has 0 aliphatic rings. The van der Waals surface area contributed by atoms with Gasteiger partial charge in [0.15, 0.2) is 0 Å². The third kappa shape index (κ3) is 5.66. The largest absolute Gasteiger partial charge is 0.497 e. The Balaban J connectivity index is 1.67. The summed E-state index contributed by atoms with van der Waals surface area (Å²) in [7, 11) is 1.60. The van der Waals surface area contributed by atoms with E-state index in [0.717, 1.165) is 11.3 Å². The number of benzene rings is 3. The first-order chi connectivity index (χ1) is 17.5. The fourth-order valence-corrected chi connectivity index (χ4v) is 3.52.